The second-order valence-corrected chi connectivity index (χ2v) is 7.32. The summed E-state index contributed by atoms with van der Waals surface area (Å²) in [6, 6.07) is 14.5. The fourth-order valence-electron chi connectivity index (χ4n) is 3.14. The van der Waals surface area contributed by atoms with Crippen molar-refractivity contribution in [1.82, 2.24) is 4.90 Å². The van der Waals surface area contributed by atoms with Crippen molar-refractivity contribution in [1.29, 1.82) is 5.26 Å². The van der Waals surface area contributed by atoms with Crippen molar-refractivity contribution >= 4 is 40.5 Å². The zero-order chi connectivity index (χ0) is 19.4. The van der Waals surface area contributed by atoms with Gasteiger partial charge in [0.25, 0.3) is 0 Å². The highest BCUT2D eigenvalue weighted by molar-refractivity contribution is 6.32. The van der Waals surface area contributed by atoms with Gasteiger partial charge in [-0.05, 0) is 43.3 Å². The van der Waals surface area contributed by atoms with Crippen LogP contribution in [0.25, 0.3) is 0 Å². The average Bonchev–Trinajstić information content (AvgIpc) is 2.67. The van der Waals surface area contributed by atoms with E-state index in [0.717, 1.165) is 36.9 Å². The summed E-state index contributed by atoms with van der Waals surface area (Å²) >= 11 is 12.1. The van der Waals surface area contributed by atoms with E-state index in [1.165, 1.54) is 0 Å². The van der Waals surface area contributed by atoms with Gasteiger partial charge in [0, 0.05) is 42.6 Å². The first-order valence-electron chi connectivity index (χ1n) is 8.73. The molecular formula is C20H20Cl2N4O. The molecule has 0 aromatic heterocycles. The van der Waals surface area contributed by atoms with Crippen LogP contribution in [0.4, 0.5) is 11.4 Å². The van der Waals surface area contributed by atoms with E-state index in [1.54, 1.807) is 18.2 Å². The molecule has 2 aromatic carbocycles. The van der Waals surface area contributed by atoms with Crippen LogP contribution in [0.1, 0.15) is 12.5 Å². The number of hydrogen-bond donors (Lipinski definition) is 1. The fraction of sp³-hybridized carbons (Fsp3) is 0.300. The second kappa shape index (κ2) is 8.62. The molecule has 1 atom stereocenters. The third-order valence-electron chi connectivity index (χ3n) is 4.77. The van der Waals surface area contributed by atoms with Crippen molar-refractivity contribution < 1.29 is 4.79 Å². The Morgan fingerprint density at radius 3 is 2.52 bits per heavy atom. The van der Waals surface area contributed by atoms with Gasteiger partial charge in [-0.3, -0.25) is 9.69 Å². The van der Waals surface area contributed by atoms with Crippen LogP contribution in [-0.2, 0) is 4.79 Å². The maximum Gasteiger partial charge on any atom is 0.241 e. The molecule has 7 heteroatoms. The number of piperazine rings is 1. The summed E-state index contributed by atoms with van der Waals surface area (Å²) in [5.41, 5.74) is 2.08. The molecule has 1 amide bonds. The highest BCUT2D eigenvalue weighted by atomic mass is 35.5. The number of carbonyl (C=O) groups excluding carboxylic acids is 1. The Bertz CT molecular complexity index is 873. The zero-order valence-electron chi connectivity index (χ0n) is 15.0. The van der Waals surface area contributed by atoms with Crippen LogP contribution in [0.3, 0.4) is 0 Å². The number of hydrogen-bond acceptors (Lipinski definition) is 4. The average molecular weight is 403 g/mol. The van der Waals surface area contributed by atoms with E-state index in [-0.39, 0.29) is 11.9 Å². The number of carbonyl (C=O) groups is 1. The minimum Gasteiger partial charge on any atom is -0.369 e. The molecule has 5 nitrogen and oxygen atoms in total. The van der Waals surface area contributed by atoms with Gasteiger partial charge in [-0.15, -0.1) is 0 Å². The smallest absolute Gasteiger partial charge is 0.241 e. The first kappa shape index (κ1) is 19.5. The van der Waals surface area contributed by atoms with Crippen molar-refractivity contribution in [2.24, 2.45) is 0 Å². The predicted molar refractivity (Wildman–Crippen MR) is 109 cm³/mol. The number of anilines is 2. The zero-order valence-corrected chi connectivity index (χ0v) is 16.5. The SMILES string of the molecule is C[C@@H](C(=O)Nc1ccc(C#N)c(Cl)c1)N1CCN(c2cccc(Cl)c2)CC1. The van der Waals surface area contributed by atoms with E-state index in [1.807, 2.05) is 37.3 Å². The van der Waals surface area contributed by atoms with E-state index in [0.29, 0.717) is 16.3 Å². The number of nitriles is 1. The molecule has 1 heterocycles. The Labute approximate surface area is 169 Å². The Hall–Kier alpha value is -2.26. The standard InChI is InChI=1S/C20H20Cl2N4O/c1-14(20(27)24-17-6-5-15(13-23)19(22)12-17)25-7-9-26(10-8-25)18-4-2-3-16(21)11-18/h2-6,11-12,14H,7-10H2,1H3,(H,24,27)/t14-/m0/s1. The number of nitrogens with zero attached hydrogens (tertiary/aromatic N) is 3. The number of halogens is 2. The van der Waals surface area contributed by atoms with Crippen molar-refractivity contribution in [3.05, 3.63) is 58.1 Å². The van der Waals surface area contributed by atoms with Gasteiger partial charge in [-0.25, -0.2) is 0 Å². The van der Waals surface area contributed by atoms with Gasteiger partial charge in [0.05, 0.1) is 16.6 Å². The molecule has 0 saturated carbocycles. The molecule has 1 fully saturated rings. The minimum atomic E-state index is -0.263. The quantitative estimate of drug-likeness (QED) is 0.838. The Balaban J connectivity index is 1.57. The molecule has 1 aliphatic rings. The Morgan fingerprint density at radius 1 is 1.15 bits per heavy atom. The molecule has 1 aliphatic heterocycles. The summed E-state index contributed by atoms with van der Waals surface area (Å²) in [6.45, 7) is 5.14. The Morgan fingerprint density at radius 2 is 1.89 bits per heavy atom. The van der Waals surface area contributed by atoms with Crippen molar-refractivity contribution in [2.45, 2.75) is 13.0 Å². The topological polar surface area (TPSA) is 59.4 Å². The maximum absolute atomic E-state index is 12.6. The van der Waals surface area contributed by atoms with Gasteiger partial charge in [0.15, 0.2) is 0 Å². The Kier molecular flexibility index (Phi) is 6.22. The lowest BCUT2D eigenvalue weighted by Gasteiger charge is -2.38. The van der Waals surface area contributed by atoms with E-state index in [9.17, 15) is 4.79 Å². The van der Waals surface area contributed by atoms with Crippen LogP contribution >= 0.6 is 23.2 Å². The van der Waals surface area contributed by atoms with Gasteiger partial charge in [-0.2, -0.15) is 5.26 Å². The molecule has 0 spiro atoms. The molecule has 0 bridgehead atoms. The lowest BCUT2D eigenvalue weighted by molar-refractivity contribution is -0.120. The third-order valence-corrected chi connectivity index (χ3v) is 5.32. The molecule has 1 saturated heterocycles. The van der Waals surface area contributed by atoms with Crippen LogP contribution in [0, 0.1) is 11.3 Å². The van der Waals surface area contributed by atoms with E-state index in [4.69, 9.17) is 28.5 Å². The number of nitrogens with one attached hydrogen (secondary N) is 1. The molecule has 27 heavy (non-hydrogen) atoms. The van der Waals surface area contributed by atoms with Gasteiger partial charge >= 0.3 is 0 Å². The molecule has 0 aliphatic carbocycles. The summed E-state index contributed by atoms with van der Waals surface area (Å²) < 4.78 is 0. The van der Waals surface area contributed by atoms with E-state index in [2.05, 4.69) is 15.1 Å². The van der Waals surface area contributed by atoms with Crippen LogP contribution in [0.2, 0.25) is 10.0 Å². The van der Waals surface area contributed by atoms with Gasteiger partial charge in [0.2, 0.25) is 5.91 Å². The lowest BCUT2D eigenvalue weighted by atomic mass is 10.1. The van der Waals surface area contributed by atoms with Gasteiger partial charge in [0.1, 0.15) is 6.07 Å². The number of amides is 1. The van der Waals surface area contributed by atoms with Crippen LogP contribution < -0.4 is 10.2 Å². The molecule has 3 rings (SSSR count). The molecule has 0 unspecified atom stereocenters. The second-order valence-electron chi connectivity index (χ2n) is 6.47. The maximum atomic E-state index is 12.6. The summed E-state index contributed by atoms with van der Waals surface area (Å²) in [6.07, 6.45) is 0. The van der Waals surface area contributed by atoms with Gasteiger partial charge in [-0.1, -0.05) is 29.3 Å². The fourth-order valence-corrected chi connectivity index (χ4v) is 3.54. The van der Waals surface area contributed by atoms with Crippen LogP contribution in [-0.4, -0.2) is 43.0 Å². The van der Waals surface area contributed by atoms with Crippen LogP contribution in [0.5, 0.6) is 0 Å². The highest BCUT2D eigenvalue weighted by Crippen LogP contribution is 2.22. The monoisotopic (exact) mass is 402 g/mol. The highest BCUT2D eigenvalue weighted by Gasteiger charge is 2.26. The van der Waals surface area contributed by atoms with E-state index < -0.39 is 0 Å². The van der Waals surface area contributed by atoms with Crippen molar-refractivity contribution in [2.75, 3.05) is 36.4 Å². The first-order valence-corrected chi connectivity index (χ1v) is 9.48. The number of benzene rings is 2. The van der Waals surface area contributed by atoms with Crippen molar-refractivity contribution in [3.8, 4) is 6.07 Å². The molecular weight excluding hydrogens is 383 g/mol. The van der Waals surface area contributed by atoms with Gasteiger partial charge < -0.3 is 10.2 Å². The number of rotatable bonds is 4. The normalized spacial score (nSPS) is 15.9. The molecule has 2 aromatic rings. The summed E-state index contributed by atoms with van der Waals surface area (Å²) in [4.78, 5) is 17.0. The van der Waals surface area contributed by atoms with Crippen LogP contribution in [0.15, 0.2) is 42.5 Å². The largest absolute Gasteiger partial charge is 0.369 e. The summed E-state index contributed by atoms with van der Waals surface area (Å²) in [7, 11) is 0. The lowest BCUT2D eigenvalue weighted by Crippen LogP contribution is -2.52. The molecule has 140 valence electrons. The molecule has 1 N–H and O–H groups in total. The first-order chi connectivity index (χ1) is 13.0. The predicted octanol–water partition coefficient (Wildman–Crippen LogP) is 4.01. The minimum absolute atomic E-state index is 0.0908. The summed E-state index contributed by atoms with van der Waals surface area (Å²) in [5.74, 6) is -0.0908. The molecule has 0 radical (unpaired) electrons. The summed E-state index contributed by atoms with van der Waals surface area (Å²) in [5, 5.41) is 12.9. The van der Waals surface area contributed by atoms with E-state index >= 15 is 0 Å². The third kappa shape index (κ3) is 4.72. The van der Waals surface area contributed by atoms with Crippen molar-refractivity contribution in [3.63, 3.8) is 0 Å².